The number of nitrogens with zero attached hydrogens (tertiary/aromatic N) is 5. The van der Waals surface area contributed by atoms with E-state index in [0.717, 1.165) is 43.3 Å². The average molecular weight is 393 g/mol. The van der Waals surface area contributed by atoms with Gasteiger partial charge in [0.1, 0.15) is 0 Å². The molecule has 0 amide bonds. The summed E-state index contributed by atoms with van der Waals surface area (Å²) in [4.78, 5) is 17.8. The minimum Gasteiger partial charge on any atom is -0.338 e. The third-order valence-electron chi connectivity index (χ3n) is 3.98. The molecule has 2 aromatic rings. The van der Waals surface area contributed by atoms with E-state index < -0.39 is 0 Å². The predicted molar refractivity (Wildman–Crippen MR) is 106 cm³/mol. The fourth-order valence-electron chi connectivity index (χ4n) is 2.62. The predicted octanol–water partition coefficient (Wildman–Crippen LogP) is 3.33. The van der Waals surface area contributed by atoms with E-state index in [9.17, 15) is 0 Å². The van der Waals surface area contributed by atoms with E-state index in [1.165, 1.54) is 0 Å². The molecule has 0 aromatic carbocycles. The van der Waals surface area contributed by atoms with Gasteiger partial charge in [-0.05, 0) is 31.5 Å². The molecule has 0 spiro atoms. The molecule has 134 valence electrons. The first-order chi connectivity index (χ1) is 10.2. The van der Waals surface area contributed by atoms with E-state index in [1.54, 1.807) is 12.4 Å². The van der Waals surface area contributed by atoms with Crippen LogP contribution in [0.4, 0.5) is 5.95 Å². The Bertz CT molecular complexity index is 572. The molecule has 8 heteroatoms. The number of rotatable bonds is 3. The zero-order chi connectivity index (χ0) is 14.7. The monoisotopic (exact) mass is 391 g/mol. The molecular formula is C16H24Cl3N5. The van der Waals surface area contributed by atoms with Crippen molar-refractivity contribution in [2.75, 3.05) is 31.1 Å². The molecule has 0 bridgehead atoms. The second kappa shape index (κ2) is 10.7. The summed E-state index contributed by atoms with van der Waals surface area (Å²) in [7, 11) is 0. The lowest BCUT2D eigenvalue weighted by Crippen LogP contribution is -2.49. The lowest BCUT2D eigenvalue weighted by atomic mass is 10.1. The van der Waals surface area contributed by atoms with Gasteiger partial charge in [0.05, 0.1) is 0 Å². The Morgan fingerprint density at radius 1 is 0.833 bits per heavy atom. The Morgan fingerprint density at radius 3 is 1.88 bits per heavy atom. The van der Waals surface area contributed by atoms with Gasteiger partial charge in [-0.3, -0.25) is 9.88 Å². The fourth-order valence-corrected chi connectivity index (χ4v) is 2.62. The van der Waals surface area contributed by atoms with Crippen LogP contribution in [0.3, 0.4) is 0 Å². The first kappa shape index (κ1) is 22.9. The van der Waals surface area contributed by atoms with Crippen LogP contribution < -0.4 is 4.90 Å². The molecule has 5 nitrogen and oxygen atoms in total. The van der Waals surface area contributed by atoms with Crippen molar-refractivity contribution in [1.82, 2.24) is 19.9 Å². The molecule has 3 heterocycles. The number of hydrogen-bond acceptors (Lipinski definition) is 5. The summed E-state index contributed by atoms with van der Waals surface area (Å²) in [5.74, 6) is 0.830. The molecule has 0 aliphatic carbocycles. The third-order valence-corrected chi connectivity index (χ3v) is 3.98. The van der Waals surface area contributed by atoms with E-state index in [2.05, 4.69) is 38.6 Å². The van der Waals surface area contributed by atoms with Gasteiger partial charge in [-0.15, -0.1) is 37.2 Å². The molecule has 0 saturated carbocycles. The van der Waals surface area contributed by atoms with Gasteiger partial charge in [-0.1, -0.05) is 0 Å². The van der Waals surface area contributed by atoms with E-state index in [1.807, 2.05) is 24.5 Å². The van der Waals surface area contributed by atoms with Crippen LogP contribution in [0.5, 0.6) is 0 Å². The van der Waals surface area contributed by atoms with Gasteiger partial charge >= 0.3 is 0 Å². The Labute approximate surface area is 162 Å². The lowest BCUT2D eigenvalue weighted by molar-refractivity contribution is 0.208. The highest BCUT2D eigenvalue weighted by Gasteiger charge is 2.20. The summed E-state index contributed by atoms with van der Waals surface area (Å²) >= 11 is 0. The maximum absolute atomic E-state index is 4.52. The summed E-state index contributed by atoms with van der Waals surface area (Å²) in [5, 5.41) is 0. The van der Waals surface area contributed by atoms with Crippen LogP contribution in [-0.4, -0.2) is 52.1 Å². The highest BCUT2D eigenvalue weighted by molar-refractivity contribution is 5.86. The topological polar surface area (TPSA) is 45.2 Å². The molecular weight excluding hydrogens is 369 g/mol. The summed E-state index contributed by atoms with van der Waals surface area (Å²) in [6.07, 6.45) is 7.36. The van der Waals surface area contributed by atoms with Crippen LogP contribution in [0, 0.1) is 0 Å². The van der Waals surface area contributed by atoms with Crippen LogP contribution >= 0.6 is 37.2 Å². The molecule has 0 atom stereocenters. The molecule has 3 rings (SSSR count). The minimum absolute atomic E-state index is 0. The maximum atomic E-state index is 4.52. The van der Waals surface area contributed by atoms with Crippen molar-refractivity contribution in [1.29, 1.82) is 0 Å². The molecule has 0 unspecified atom stereocenters. The fraction of sp³-hybridized carbons (Fsp3) is 0.438. The van der Waals surface area contributed by atoms with Gasteiger partial charge in [0.2, 0.25) is 5.95 Å². The third kappa shape index (κ3) is 5.45. The van der Waals surface area contributed by atoms with Crippen LogP contribution in [0.15, 0.2) is 36.9 Å². The Kier molecular flexibility index (Phi) is 10.2. The number of halogens is 3. The SMILES string of the molecule is CC(C)N1CCN(c2ncc(-c3ccncc3)cn2)CC1.Cl.Cl.Cl. The minimum atomic E-state index is 0. The van der Waals surface area contributed by atoms with E-state index in [-0.39, 0.29) is 37.2 Å². The molecule has 2 aromatic heterocycles. The number of pyridine rings is 1. The van der Waals surface area contributed by atoms with Gasteiger partial charge in [0.15, 0.2) is 0 Å². The summed E-state index contributed by atoms with van der Waals surface area (Å²) in [5.41, 5.74) is 2.13. The Balaban J connectivity index is 0.00000176. The van der Waals surface area contributed by atoms with Gasteiger partial charge in [-0.25, -0.2) is 9.97 Å². The van der Waals surface area contributed by atoms with Crippen molar-refractivity contribution < 1.29 is 0 Å². The second-order valence-electron chi connectivity index (χ2n) is 5.62. The molecule has 24 heavy (non-hydrogen) atoms. The van der Waals surface area contributed by atoms with Crippen LogP contribution in [0.2, 0.25) is 0 Å². The van der Waals surface area contributed by atoms with Crippen LogP contribution in [-0.2, 0) is 0 Å². The summed E-state index contributed by atoms with van der Waals surface area (Å²) < 4.78 is 0. The number of aromatic nitrogens is 3. The normalized spacial score (nSPS) is 14.4. The van der Waals surface area contributed by atoms with E-state index in [4.69, 9.17) is 0 Å². The molecule has 0 radical (unpaired) electrons. The average Bonchev–Trinajstić information content (AvgIpc) is 2.56. The van der Waals surface area contributed by atoms with Crippen LogP contribution in [0.1, 0.15) is 13.8 Å². The highest BCUT2D eigenvalue weighted by atomic mass is 35.5. The molecule has 1 saturated heterocycles. The van der Waals surface area contributed by atoms with Gasteiger partial charge in [0, 0.05) is 62.6 Å². The van der Waals surface area contributed by atoms with Crippen molar-refractivity contribution in [3.63, 3.8) is 0 Å². The number of hydrogen-bond donors (Lipinski definition) is 0. The quantitative estimate of drug-likeness (QED) is 0.801. The maximum Gasteiger partial charge on any atom is 0.225 e. The van der Waals surface area contributed by atoms with Crippen molar-refractivity contribution in [2.45, 2.75) is 19.9 Å². The first-order valence-electron chi connectivity index (χ1n) is 7.45. The summed E-state index contributed by atoms with van der Waals surface area (Å²) in [6.45, 7) is 8.63. The molecule has 1 aliphatic rings. The molecule has 1 fully saturated rings. The zero-order valence-electron chi connectivity index (χ0n) is 13.8. The molecule has 0 N–H and O–H groups in total. The van der Waals surface area contributed by atoms with Crippen molar-refractivity contribution in [3.05, 3.63) is 36.9 Å². The second-order valence-corrected chi connectivity index (χ2v) is 5.62. The van der Waals surface area contributed by atoms with Crippen molar-refractivity contribution >= 4 is 43.2 Å². The Hall–Kier alpha value is -1.14. The number of piperazine rings is 1. The Morgan fingerprint density at radius 2 is 1.38 bits per heavy atom. The van der Waals surface area contributed by atoms with Gasteiger partial charge < -0.3 is 4.90 Å². The van der Waals surface area contributed by atoms with Crippen molar-refractivity contribution in [2.24, 2.45) is 0 Å². The lowest BCUT2D eigenvalue weighted by Gasteiger charge is -2.36. The van der Waals surface area contributed by atoms with Gasteiger partial charge in [0.25, 0.3) is 0 Å². The standard InChI is InChI=1S/C16H21N5.3ClH/c1-13(2)20-7-9-21(10-8-20)16-18-11-15(12-19-16)14-3-5-17-6-4-14;;;/h3-6,11-13H,7-10H2,1-2H3;3*1H. The smallest absolute Gasteiger partial charge is 0.225 e. The van der Waals surface area contributed by atoms with Crippen LogP contribution in [0.25, 0.3) is 11.1 Å². The number of anilines is 1. The zero-order valence-corrected chi connectivity index (χ0v) is 16.3. The van der Waals surface area contributed by atoms with E-state index in [0.29, 0.717) is 6.04 Å². The largest absolute Gasteiger partial charge is 0.338 e. The van der Waals surface area contributed by atoms with Crippen molar-refractivity contribution in [3.8, 4) is 11.1 Å². The van der Waals surface area contributed by atoms with Gasteiger partial charge in [-0.2, -0.15) is 0 Å². The molecule has 1 aliphatic heterocycles. The van der Waals surface area contributed by atoms with E-state index >= 15 is 0 Å². The first-order valence-corrected chi connectivity index (χ1v) is 7.45. The summed E-state index contributed by atoms with van der Waals surface area (Å²) in [6, 6.07) is 4.56. The highest BCUT2D eigenvalue weighted by Crippen LogP contribution is 2.18.